The Morgan fingerprint density at radius 2 is 1.67 bits per heavy atom. The van der Waals surface area contributed by atoms with Crippen molar-refractivity contribution >= 4 is 12.0 Å². The van der Waals surface area contributed by atoms with Gasteiger partial charge in [-0.05, 0) is 25.2 Å². The Morgan fingerprint density at radius 3 is 2.06 bits per heavy atom. The van der Waals surface area contributed by atoms with Gasteiger partial charge >= 0.3 is 12.0 Å². The Morgan fingerprint density at radius 1 is 1.11 bits per heavy atom. The Hall–Kier alpha value is -1.26. The summed E-state index contributed by atoms with van der Waals surface area (Å²) in [4.78, 5) is 22.7. The van der Waals surface area contributed by atoms with Gasteiger partial charge < -0.3 is 15.7 Å². The van der Waals surface area contributed by atoms with Crippen LogP contribution in [0.2, 0.25) is 0 Å². The lowest BCUT2D eigenvalue weighted by Crippen LogP contribution is -2.51. The van der Waals surface area contributed by atoms with Crippen LogP contribution < -0.4 is 10.6 Å². The van der Waals surface area contributed by atoms with Gasteiger partial charge in [-0.15, -0.1) is 0 Å². The van der Waals surface area contributed by atoms with E-state index in [1.165, 1.54) is 0 Å². The van der Waals surface area contributed by atoms with Gasteiger partial charge in [0.2, 0.25) is 0 Å². The van der Waals surface area contributed by atoms with Crippen LogP contribution in [-0.2, 0) is 4.79 Å². The Bertz CT molecular complexity index is 279. The molecule has 0 aromatic rings. The number of aliphatic carboxylic acids is 1. The zero-order chi connectivity index (χ0) is 14.3. The molecule has 0 aliphatic heterocycles. The normalized spacial score (nSPS) is 15.9. The summed E-state index contributed by atoms with van der Waals surface area (Å²) in [7, 11) is 0. The molecule has 0 aliphatic carbocycles. The Kier molecular flexibility index (Phi) is 7.39. The first-order chi connectivity index (χ1) is 8.27. The zero-order valence-electron chi connectivity index (χ0n) is 12.0. The molecule has 0 bridgehead atoms. The monoisotopic (exact) mass is 258 g/mol. The van der Waals surface area contributed by atoms with Gasteiger partial charge in [-0.2, -0.15) is 0 Å². The average molecular weight is 258 g/mol. The van der Waals surface area contributed by atoms with Crippen LogP contribution in [0.3, 0.4) is 0 Å². The van der Waals surface area contributed by atoms with Crippen molar-refractivity contribution in [3.8, 4) is 0 Å². The molecule has 106 valence electrons. The van der Waals surface area contributed by atoms with Crippen molar-refractivity contribution in [2.45, 2.75) is 59.5 Å². The Labute approximate surface area is 109 Å². The van der Waals surface area contributed by atoms with E-state index in [0.29, 0.717) is 12.3 Å². The van der Waals surface area contributed by atoms with Crippen LogP contribution in [0.5, 0.6) is 0 Å². The van der Waals surface area contributed by atoms with E-state index in [2.05, 4.69) is 24.5 Å². The van der Waals surface area contributed by atoms with Crippen LogP contribution in [0.1, 0.15) is 47.5 Å². The number of nitrogens with one attached hydrogen (secondary N) is 2. The van der Waals surface area contributed by atoms with Crippen molar-refractivity contribution in [1.82, 2.24) is 10.6 Å². The van der Waals surface area contributed by atoms with Crippen LogP contribution in [0, 0.1) is 11.8 Å². The first-order valence-corrected chi connectivity index (χ1v) is 6.57. The lowest BCUT2D eigenvalue weighted by atomic mass is 9.99. The Balaban J connectivity index is 4.30. The second kappa shape index (κ2) is 7.95. The number of hydrogen-bond acceptors (Lipinski definition) is 2. The summed E-state index contributed by atoms with van der Waals surface area (Å²) in [6, 6.07) is -1.20. The highest BCUT2D eigenvalue weighted by Gasteiger charge is 2.25. The molecule has 3 N–H and O–H groups in total. The molecule has 0 radical (unpaired) electrons. The van der Waals surface area contributed by atoms with E-state index >= 15 is 0 Å². The molecule has 0 saturated heterocycles. The molecule has 5 heteroatoms. The van der Waals surface area contributed by atoms with Gasteiger partial charge in [0.15, 0.2) is 0 Å². The van der Waals surface area contributed by atoms with Gasteiger partial charge in [-0.25, -0.2) is 9.59 Å². The van der Waals surface area contributed by atoms with Crippen LogP contribution in [0.25, 0.3) is 0 Å². The van der Waals surface area contributed by atoms with E-state index in [4.69, 9.17) is 5.11 Å². The third-order valence-corrected chi connectivity index (χ3v) is 2.97. The zero-order valence-corrected chi connectivity index (χ0v) is 12.0. The van der Waals surface area contributed by atoms with Crippen molar-refractivity contribution in [1.29, 1.82) is 0 Å². The largest absolute Gasteiger partial charge is 0.480 e. The first-order valence-electron chi connectivity index (χ1n) is 6.57. The van der Waals surface area contributed by atoms with Crippen LogP contribution in [0.15, 0.2) is 0 Å². The maximum Gasteiger partial charge on any atom is 0.326 e. The molecule has 0 aliphatic rings. The number of carboxylic acid groups (broad SMARTS) is 1. The van der Waals surface area contributed by atoms with E-state index in [0.717, 1.165) is 6.42 Å². The van der Waals surface area contributed by atoms with Crippen molar-refractivity contribution in [2.75, 3.05) is 0 Å². The molecule has 0 rings (SSSR count). The highest BCUT2D eigenvalue weighted by atomic mass is 16.4. The summed E-state index contributed by atoms with van der Waals surface area (Å²) in [5, 5.41) is 14.3. The molecule has 5 nitrogen and oxygen atoms in total. The summed E-state index contributed by atoms with van der Waals surface area (Å²) in [5.41, 5.74) is 0. The number of urea groups is 1. The van der Waals surface area contributed by atoms with E-state index in [-0.39, 0.29) is 12.0 Å². The fourth-order valence-corrected chi connectivity index (χ4v) is 1.86. The van der Waals surface area contributed by atoms with Crippen molar-refractivity contribution in [2.24, 2.45) is 11.8 Å². The van der Waals surface area contributed by atoms with Gasteiger partial charge in [-0.1, -0.05) is 34.1 Å². The molecule has 0 spiro atoms. The molecule has 0 saturated carbocycles. The van der Waals surface area contributed by atoms with E-state index < -0.39 is 18.0 Å². The van der Waals surface area contributed by atoms with Gasteiger partial charge in [0, 0.05) is 6.04 Å². The fraction of sp³-hybridized carbons (Fsp3) is 0.846. The van der Waals surface area contributed by atoms with Crippen molar-refractivity contribution < 1.29 is 14.7 Å². The van der Waals surface area contributed by atoms with Gasteiger partial charge in [0.1, 0.15) is 6.04 Å². The van der Waals surface area contributed by atoms with Crippen LogP contribution in [0.4, 0.5) is 4.79 Å². The van der Waals surface area contributed by atoms with Crippen molar-refractivity contribution in [3.63, 3.8) is 0 Å². The molecule has 0 aromatic heterocycles. The number of carboxylic acids is 1. The minimum atomic E-state index is -0.990. The van der Waals surface area contributed by atoms with E-state index in [1.54, 1.807) is 0 Å². The van der Waals surface area contributed by atoms with Gasteiger partial charge in [-0.3, -0.25) is 0 Å². The number of carbonyl (C=O) groups excluding carboxylic acids is 1. The van der Waals surface area contributed by atoms with Crippen LogP contribution in [-0.4, -0.2) is 29.2 Å². The number of amides is 2. The average Bonchev–Trinajstić information content (AvgIpc) is 2.23. The second-order valence-electron chi connectivity index (χ2n) is 5.35. The molecule has 3 unspecified atom stereocenters. The third-order valence-electron chi connectivity index (χ3n) is 2.97. The lowest BCUT2D eigenvalue weighted by molar-refractivity contribution is -0.140. The molecular weight excluding hydrogens is 232 g/mol. The summed E-state index contributed by atoms with van der Waals surface area (Å²) >= 11 is 0. The molecule has 2 amide bonds. The molecule has 0 heterocycles. The minimum absolute atomic E-state index is 0.0383. The lowest BCUT2D eigenvalue weighted by Gasteiger charge is -2.22. The van der Waals surface area contributed by atoms with E-state index in [9.17, 15) is 9.59 Å². The highest BCUT2D eigenvalue weighted by molar-refractivity contribution is 5.82. The summed E-state index contributed by atoms with van der Waals surface area (Å²) in [5.74, 6) is -0.588. The fourth-order valence-electron chi connectivity index (χ4n) is 1.86. The van der Waals surface area contributed by atoms with Crippen molar-refractivity contribution in [3.05, 3.63) is 0 Å². The van der Waals surface area contributed by atoms with Gasteiger partial charge in [0.25, 0.3) is 0 Å². The predicted molar refractivity (Wildman–Crippen MR) is 71.5 cm³/mol. The minimum Gasteiger partial charge on any atom is -0.480 e. The summed E-state index contributed by atoms with van der Waals surface area (Å²) in [6.07, 6.45) is 1.58. The second-order valence-corrected chi connectivity index (χ2v) is 5.35. The molecule has 0 aromatic carbocycles. The topological polar surface area (TPSA) is 78.4 Å². The number of hydrogen-bond donors (Lipinski definition) is 3. The molecule has 3 atom stereocenters. The molecule has 18 heavy (non-hydrogen) atoms. The van der Waals surface area contributed by atoms with E-state index in [1.807, 2.05) is 20.8 Å². The standard InChI is InChI=1S/C13H26N2O3/c1-6-9(4)11(12(16)17)15-13(18)14-10(5)7-8(2)3/h8-11H,6-7H2,1-5H3,(H,16,17)(H2,14,15,18). The summed E-state index contributed by atoms with van der Waals surface area (Å²) in [6.45, 7) is 9.79. The highest BCUT2D eigenvalue weighted by Crippen LogP contribution is 2.08. The van der Waals surface area contributed by atoms with Gasteiger partial charge in [0.05, 0.1) is 0 Å². The summed E-state index contributed by atoms with van der Waals surface area (Å²) < 4.78 is 0. The third kappa shape index (κ3) is 6.47. The molecular formula is C13H26N2O3. The first kappa shape index (κ1) is 16.7. The maximum absolute atomic E-state index is 11.7. The van der Waals surface area contributed by atoms with Crippen LogP contribution >= 0.6 is 0 Å². The number of rotatable bonds is 7. The number of carbonyl (C=O) groups is 2. The predicted octanol–water partition coefficient (Wildman–Crippen LogP) is 2.22. The quantitative estimate of drug-likeness (QED) is 0.655. The maximum atomic E-state index is 11.7. The molecule has 0 fully saturated rings. The SMILES string of the molecule is CCC(C)C(NC(=O)NC(C)CC(C)C)C(=O)O. The smallest absolute Gasteiger partial charge is 0.326 e.